The number of carbonyl (C=O) groups is 1. The Morgan fingerprint density at radius 1 is 1.39 bits per heavy atom. The van der Waals surface area contributed by atoms with Crippen molar-refractivity contribution in [3.05, 3.63) is 33.8 Å². The second-order valence-electron chi connectivity index (χ2n) is 4.29. The summed E-state index contributed by atoms with van der Waals surface area (Å²) in [4.78, 5) is 13.8. The van der Waals surface area contributed by atoms with Gasteiger partial charge in [0, 0.05) is 16.1 Å². The van der Waals surface area contributed by atoms with E-state index in [0.29, 0.717) is 15.6 Å². The number of halogens is 2. The Morgan fingerprint density at radius 3 is 2.50 bits per heavy atom. The lowest BCUT2D eigenvalue weighted by Gasteiger charge is -2.19. The Bertz CT molecular complexity index is 486. The molecule has 1 saturated carbocycles. The average Bonchev–Trinajstić information content (AvgIpc) is 3.15. The van der Waals surface area contributed by atoms with Gasteiger partial charge in [-0.15, -0.1) is 0 Å². The molecule has 1 aliphatic carbocycles. The monoisotopic (exact) mass is 282 g/mol. The summed E-state index contributed by atoms with van der Waals surface area (Å²) in [7, 11) is 0. The van der Waals surface area contributed by atoms with Crippen molar-refractivity contribution in [2.24, 2.45) is 0 Å². The van der Waals surface area contributed by atoms with Crippen molar-refractivity contribution in [2.45, 2.75) is 25.3 Å². The van der Waals surface area contributed by atoms with Crippen molar-refractivity contribution in [2.75, 3.05) is 6.54 Å². The maximum absolute atomic E-state index is 12.1. The molecule has 18 heavy (non-hydrogen) atoms. The summed E-state index contributed by atoms with van der Waals surface area (Å²) < 4.78 is 0. The molecule has 0 spiro atoms. The molecule has 0 heterocycles. The number of nitriles is 1. The molecule has 5 heteroatoms. The van der Waals surface area contributed by atoms with E-state index in [1.165, 1.54) is 0 Å². The van der Waals surface area contributed by atoms with Crippen molar-refractivity contribution in [3.8, 4) is 6.07 Å². The summed E-state index contributed by atoms with van der Waals surface area (Å²) >= 11 is 12.1. The van der Waals surface area contributed by atoms with E-state index in [2.05, 4.69) is 0 Å². The number of rotatable bonds is 4. The molecule has 0 atom stereocenters. The molecule has 0 bridgehead atoms. The predicted octanol–water partition coefficient (Wildman–Crippen LogP) is 3.05. The third-order valence-electron chi connectivity index (χ3n) is 2.94. The fourth-order valence-electron chi connectivity index (χ4n) is 1.84. The highest BCUT2D eigenvalue weighted by atomic mass is 35.5. The van der Waals surface area contributed by atoms with Gasteiger partial charge in [0.1, 0.15) is 6.54 Å². The summed E-state index contributed by atoms with van der Waals surface area (Å²) in [5.41, 5.74) is 0.634. The molecule has 1 aromatic rings. The van der Waals surface area contributed by atoms with Crippen LogP contribution in [0.1, 0.15) is 18.4 Å². The zero-order valence-electron chi connectivity index (χ0n) is 9.70. The second kappa shape index (κ2) is 5.60. The van der Waals surface area contributed by atoms with Crippen LogP contribution in [0.2, 0.25) is 10.0 Å². The highest BCUT2D eigenvalue weighted by Gasteiger charge is 2.32. The van der Waals surface area contributed by atoms with Crippen LogP contribution in [-0.2, 0) is 11.2 Å². The van der Waals surface area contributed by atoms with E-state index in [1.807, 2.05) is 6.07 Å². The first-order chi connectivity index (χ1) is 8.63. The molecular weight excluding hydrogens is 271 g/mol. The van der Waals surface area contributed by atoms with Gasteiger partial charge in [0.05, 0.1) is 12.5 Å². The third kappa shape index (κ3) is 2.95. The van der Waals surface area contributed by atoms with E-state index < -0.39 is 0 Å². The topological polar surface area (TPSA) is 44.1 Å². The Balaban J connectivity index is 2.13. The average molecular weight is 283 g/mol. The lowest BCUT2D eigenvalue weighted by Crippen LogP contribution is -2.34. The highest BCUT2D eigenvalue weighted by Crippen LogP contribution is 2.29. The predicted molar refractivity (Wildman–Crippen MR) is 70.5 cm³/mol. The van der Waals surface area contributed by atoms with Gasteiger partial charge in [0.15, 0.2) is 0 Å². The van der Waals surface area contributed by atoms with Crippen LogP contribution in [0.15, 0.2) is 18.2 Å². The SMILES string of the molecule is N#CCN(C(=O)Cc1c(Cl)cccc1Cl)C1CC1. The molecule has 0 aromatic heterocycles. The van der Waals surface area contributed by atoms with Crippen molar-refractivity contribution < 1.29 is 4.79 Å². The van der Waals surface area contributed by atoms with Crippen LogP contribution in [0.5, 0.6) is 0 Å². The maximum Gasteiger partial charge on any atom is 0.228 e. The minimum atomic E-state index is -0.0888. The molecule has 1 aliphatic rings. The van der Waals surface area contributed by atoms with Crippen LogP contribution in [-0.4, -0.2) is 23.4 Å². The molecule has 0 radical (unpaired) electrons. The van der Waals surface area contributed by atoms with Gasteiger partial charge in [-0.05, 0) is 30.5 Å². The minimum absolute atomic E-state index is 0.0888. The van der Waals surface area contributed by atoms with Gasteiger partial charge in [-0.3, -0.25) is 4.79 Å². The molecule has 94 valence electrons. The standard InChI is InChI=1S/C13H12Cl2N2O/c14-11-2-1-3-12(15)10(11)8-13(18)17(7-6-16)9-4-5-9/h1-3,9H,4-5,7-8H2. The zero-order chi connectivity index (χ0) is 13.1. The minimum Gasteiger partial charge on any atom is -0.326 e. The van der Waals surface area contributed by atoms with Crippen LogP contribution in [0.4, 0.5) is 0 Å². The number of carbonyl (C=O) groups excluding carboxylic acids is 1. The van der Waals surface area contributed by atoms with Crippen LogP contribution in [0, 0.1) is 11.3 Å². The summed E-state index contributed by atoms with van der Waals surface area (Å²) in [6, 6.07) is 7.41. The summed E-state index contributed by atoms with van der Waals surface area (Å²) in [5.74, 6) is -0.0888. The van der Waals surface area contributed by atoms with Gasteiger partial charge < -0.3 is 4.90 Å². The molecule has 0 unspecified atom stereocenters. The first kappa shape index (κ1) is 13.2. The first-order valence-electron chi connectivity index (χ1n) is 5.72. The third-order valence-corrected chi connectivity index (χ3v) is 3.65. The number of hydrogen-bond donors (Lipinski definition) is 0. The second-order valence-corrected chi connectivity index (χ2v) is 5.10. The van der Waals surface area contributed by atoms with Crippen molar-refractivity contribution in [3.63, 3.8) is 0 Å². The Morgan fingerprint density at radius 2 is 2.00 bits per heavy atom. The normalized spacial score (nSPS) is 14.1. The van der Waals surface area contributed by atoms with E-state index in [1.54, 1.807) is 23.1 Å². The number of amides is 1. The molecule has 2 rings (SSSR count). The summed E-state index contributed by atoms with van der Waals surface area (Å²) in [5, 5.41) is 9.72. The Kier molecular flexibility index (Phi) is 4.11. The maximum atomic E-state index is 12.1. The van der Waals surface area contributed by atoms with Crippen LogP contribution in [0.25, 0.3) is 0 Å². The lowest BCUT2D eigenvalue weighted by molar-refractivity contribution is -0.130. The van der Waals surface area contributed by atoms with Gasteiger partial charge >= 0.3 is 0 Å². The van der Waals surface area contributed by atoms with Crippen molar-refractivity contribution >= 4 is 29.1 Å². The molecule has 0 aliphatic heterocycles. The molecular formula is C13H12Cl2N2O. The summed E-state index contributed by atoms with van der Waals surface area (Å²) in [6.45, 7) is 0.131. The Labute approximate surface area is 116 Å². The van der Waals surface area contributed by atoms with Crippen LogP contribution in [0.3, 0.4) is 0 Å². The first-order valence-corrected chi connectivity index (χ1v) is 6.48. The van der Waals surface area contributed by atoms with E-state index in [-0.39, 0.29) is 24.9 Å². The van der Waals surface area contributed by atoms with Gasteiger partial charge in [0.2, 0.25) is 5.91 Å². The summed E-state index contributed by atoms with van der Waals surface area (Å²) in [6.07, 6.45) is 2.10. The van der Waals surface area contributed by atoms with Gasteiger partial charge in [0.25, 0.3) is 0 Å². The fraction of sp³-hybridized carbons (Fsp3) is 0.385. The molecule has 1 fully saturated rings. The van der Waals surface area contributed by atoms with Gasteiger partial charge in [-0.25, -0.2) is 0 Å². The van der Waals surface area contributed by atoms with E-state index in [0.717, 1.165) is 12.8 Å². The van der Waals surface area contributed by atoms with E-state index in [4.69, 9.17) is 28.5 Å². The fourth-order valence-corrected chi connectivity index (χ4v) is 2.37. The number of nitrogens with zero attached hydrogens (tertiary/aromatic N) is 2. The van der Waals surface area contributed by atoms with Crippen LogP contribution >= 0.6 is 23.2 Å². The Hall–Kier alpha value is -1.24. The van der Waals surface area contributed by atoms with Crippen molar-refractivity contribution in [1.29, 1.82) is 5.26 Å². The van der Waals surface area contributed by atoms with E-state index >= 15 is 0 Å². The van der Waals surface area contributed by atoms with Crippen LogP contribution < -0.4 is 0 Å². The molecule has 0 N–H and O–H groups in total. The number of benzene rings is 1. The highest BCUT2D eigenvalue weighted by molar-refractivity contribution is 6.36. The van der Waals surface area contributed by atoms with Gasteiger partial charge in [-0.1, -0.05) is 29.3 Å². The quantitative estimate of drug-likeness (QED) is 0.797. The zero-order valence-corrected chi connectivity index (χ0v) is 11.2. The van der Waals surface area contributed by atoms with Crippen molar-refractivity contribution in [1.82, 2.24) is 4.90 Å². The molecule has 1 aromatic carbocycles. The largest absolute Gasteiger partial charge is 0.326 e. The van der Waals surface area contributed by atoms with E-state index in [9.17, 15) is 4.79 Å². The smallest absolute Gasteiger partial charge is 0.228 e. The molecule has 1 amide bonds. The lowest BCUT2D eigenvalue weighted by atomic mass is 10.1. The molecule has 3 nitrogen and oxygen atoms in total. The molecule has 0 saturated heterocycles. The number of hydrogen-bond acceptors (Lipinski definition) is 2. The van der Waals surface area contributed by atoms with Gasteiger partial charge in [-0.2, -0.15) is 5.26 Å².